The number of hydrogen-bond donors (Lipinski definition) is 0. The molecule has 0 heterocycles. The average Bonchev–Trinajstić information content (AvgIpc) is 2.11. The van der Waals surface area contributed by atoms with Crippen LogP contribution in [-0.4, -0.2) is 5.78 Å². The van der Waals surface area contributed by atoms with Gasteiger partial charge in [0.15, 0.2) is 5.78 Å². The van der Waals surface area contributed by atoms with Crippen LogP contribution in [0.15, 0.2) is 48.6 Å². The van der Waals surface area contributed by atoms with Crippen molar-refractivity contribution in [3.63, 3.8) is 0 Å². The second kappa shape index (κ2) is 8.72. The van der Waals surface area contributed by atoms with Gasteiger partial charge >= 0.3 is 0 Å². The molecule has 0 aliphatic carbocycles. The molecule has 0 aromatic heterocycles. The van der Waals surface area contributed by atoms with Crippen LogP contribution in [0, 0.1) is 0 Å². The van der Waals surface area contributed by atoms with Crippen molar-refractivity contribution in [3.8, 4) is 0 Å². The van der Waals surface area contributed by atoms with E-state index in [0.29, 0.717) is 6.42 Å². The molecule has 0 aliphatic heterocycles. The van der Waals surface area contributed by atoms with Crippen LogP contribution in [0.4, 0.5) is 0 Å². The molecule has 0 spiro atoms. The van der Waals surface area contributed by atoms with Crippen molar-refractivity contribution in [3.05, 3.63) is 48.6 Å². The molecule has 0 aromatic carbocycles. The van der Waals surface area contributed by atoms with Crippen LogP contribution in [0.3, 0.4) is 0 Å². The molecule has 0 radical (unpaired) electrons. The molecule has 0 atom stereocenters. The van der Waals surface area contributed by atoms with Gasteiger partial charge in [-0.05, 0) is 19.9 Å². The largest absolute Gasteiger partial charge is 0.295 e. The van der Waals surface area contributed by atoms with Crippen LogP contribution in [0.1, 0.15) is 20.3 Å². The van der Waals surface area contributed by atoms with E-state index in [1.54, 1.807) is 12.2 Å². The lowest BCUT2D eigenvalue weighted by Crippen LogP contribution is -1.87. The fourth-order valence-corrected chi connectivity index (χ4v) is 0.756. The number of rotatable bonds is 5. The SMILES string of the molecule is CC=CC=CC=CCC(=O)C=CC. The Balaban J connectivity index is 3.69. The Kier molecular flexibility index (Phi) is 7.80. The summed E-state index contributed by atoms with van der Waals surface area (Å²) in [5, 5.41) is 0. The van der Waals surface area contributed by atoms with Gasteiger partial charge < -0.3 is 0 Å². The molecular weight excluding hydrogens is 160 g/mol. The van der Waals surface area contributed by atoms with Gasteiger partial charge in [0.25, 0.3) is 0 Å². The first-order chi connectivity index (χ1) is 6.31. The smallest absolute Gasteiger partial charge is 0.159 e. The first-order valence-corrected chi connectivity index (χ1v) is 4.41. The van der Waals surface area contributed by atoms with E-state index < -0.39 is 0 Å². The lowest BCUT2D eigenvalue weighted by atomic mass is 10.2. The maximum atomic E-state index is 11.0. The highest BCUT2D eigenvalue weighted by atomic mass is 16.1. The van der Waals surface area contributed by atoms with Crippen LogP contribution >= 0.6 is 0 Å². The topological polar surface area (TPSA) is 17.1 Å². The molecule has 0 unspecified atom stereocenters. The molecule has 0 aromatic rings. The van der Waals surface area contributed by atoms with Crippen LogP contribution in [-0.2, 0) is 4.79 Å². The molecule has 0 saturated heterocycles. The summed E-state index contributed by atoms with van der Waals surface area (Å²) in [7, 11) is 0. The summed E-state index contributed by atoms with van der Waals surface area (Å²) in [6, 6.07) is 0. The lowest BCUT2D eigenvalue weighted by molar-refractivity contribution is -0.113. The standard InChI is InChI=1S/C12H16O/c1-3-5-6-7-8-9-11-12(13)10-4-2/h3-10H,11H2,1-2H3. The summed E-state index contributed by atoms with van der Waals surface area (Å²) in [6.07, 6.45) is 15.3. The van der Waals surface area contributed by atoms with Crippen molar-refractivity contribution in [1.82, 2.24) is 0 Å². The zero-order chi connectivity index (χ0) is 9.94. The number of hydrogen-bond acceptors (Lipinski definition) is 1. The Morgan fingerprint density at radius 1 is 1.00 bits per heavy atom. The van der Waals surface area contributed by atoms with Crippen LogP contribution in [0.25, 0.3) is 0 Å². The van der Waals surface area contributed by atoms with Gasteiger partial charge in [-0.3, -0.25) is 4.79 Å². The fourth-order valence-electron chi connectivity index (χ4n) is 0.756. The summed E-state index contributed by atoms with van der Waals surface area (Å²) < 4.78 is 0. The van der Waals surface area contributed by atoms with E-state index in [9.17, 15) is 4.79 Å². The van der Waals surface area contributed by atoms with Crippen molar-refractivity contribution >= 4 is 5.78 Å². The summed E-state index contributed by atoms with van der Waals surface area (Å²) in [6.45, 7) is 3.80. The maximum Gasteiger partial charge on any atom is 0.159 e. The van der Waals surface area contributed by atoms with Gasteiger partial charge in [0.2, 0.25) is 0 Å². The molecule has 70 valence electrons. The first-order valence-electron chi connectivity index (χ1n) is 4.41. The Bertz CT molecular complexity index is 242. The quantitative estimate of drug-likeness (QED) is 0.464. The number of allylic oxidation sites excluding steroid dienone is 8. The Morgan fingerprint density at radius 2 is 1.69 bits per heavy atom. The predicted octanol–water partition coefficient (Wildman–Crippen LogP) is 3.21. The minimum atomic E-state index is 0.137. The molecule has 0 bridgehead atoms. The van der Waals surface area contributed by atoms with Gasteiger partial charge in [0.1, 0.15) is 0 Å². The van der Waals surface area contributed by atoms with Gasteiger partial charge in [-0.15, -0.1) is 0 Å². The third kappa shape index (κ3) is 8.54. The molecule has 0 fully saturated rings. The third-order valence-electron chi connectivity index (χ3n) is 1.33. The van der Waals surface area contributed by atoms with E-state index in [0.717, 1.165) is 0 Å². The van der Waals surface area contributed by atoms with Gasteiger partial charge in [-0.1, -0.05) is 42.5 Å². The molecule has 1 nitrogen and oxygen atoms in total. The molecule has 13 heavy (non-hydrogen) atoms. The number of carbonyl (C=O) groups is 1. The zero-order valence-electron chi connectivity index (χ0n) is 8.23. The molecular formula is C12H16O. The maximum absolute atomic E-state index is 11.0. The second-order valence-corrected chi connectivity index (χ2v) is 2.51. The van der Waals surface area contributed by atoms with Crippen LogP contribution < -0.4 is 0 Å². The molecule has 0 amide bonds. The molecule has 0 saturated carbocycles. The summed E-state index contributed by atoms with van der Waals surface area (Å²) in [4.78, 5) is 11.0. The fraction of sp³-hybridized carbons (Fsp3) is 0.250. The van der Waals surface area contributed by atoms with Gasteiger partial charge in [0, 0.05) is 6.42 Å². The van der Waals surface area contributed by atoms with E-state index in [-0.39, 0.29) is 5.78 Å². The molecule has 0 N–H and O–H groups in total. The Hall–Kier alpha value is -1.37. The van der Waals surface area contributed by atoms with Gasteiger partial charge in [0.05, 0.1) is 0 Å². The van der Waals surface area contributed by atoms with E-state index in [2.05, 4.69) is 0 Å². The monoisotopic (exact) mass is 176 g/mol. The third-order valence-corrected chi connectivity index (χ3v) is 1.33. The molecule has 1 heteroatoms. The summed E-state index contributed by atoms with van der Waals surface area (Å²) in [5.74, 6) is 0.137. The minimum absolute atomic E-state index is 0.137. The Morgan fingerprint density at radius 3 is 2.31 bits per heavy atom. The highest BCUT2D eigenvalue weighted by molar-refractivity contribution is 5.90. The summed E-state index contributed by atoms with van der Waals surface area (Å²) in [5.41, 5.74) is 0. The number of ketones is 1. The van der Waals surface area contributed by atoms with Crippen molar-refractivity contribution in [2.75, 3.05) is 0 Å². The molecule has 0 aliphatic rings. The highest BCUT2D eigenvalue weighted by Crippen LogP contribution is 1.89. The van der Waals surface area contributed by atoms with E-state index in [4.69, 9.17) is 0 Å². The van der Waals surface area contributed by atoms with E-state index in [1.807, 2.05) is 50.3 Å². The molecule has 0 rings (SSSR count). The van der Waals surface area contributed by atoms with E-state index in [1.165, 1.54) is 0 Å². The van der Waals surface area contributed by atoms with Gasteiger partial charge in [-0.2, -0.15) is 0 Å². The highest BCUT2D eigenvalue weighted by Gasteiger charge is 1.87. The van der Waals surface area contributed by atoms with Gasteiger partial charge in [-0.25, -0.2) is 0 Å². The first kappa shape index (κ1) is 11.6. The van der Waals surface area contributed by atoms with Crippen LogP contribution in [0.5, 0.6) is 0 Å². The normalized spacial score (nSPS) is 12.8. The van der Waals surface area contributed by atoms with Crippen molar-refractivity contribution in [2.24, 2.45) is 0 Å². The van der Waals surface area contributed by atoms with Crippen molar-refractivity contribution < 1.29 is 4.79 Å². The van der Waals surface area contributed by atoms with E-state index >= 15 is 0 Å². The number of carbonyl (C=O) groups excluding carboxylic acids is 1. The van der Waals surface area contributed by atoms with Crippen molar-refractivity contribution in [2.45, 2.75) is 20.3 Å². The van der Waals surface area contributed by atoms with Crippen LogP contribution in [0.2, 0.25) is 0 Å². The Labute approximate surface area is 80.2 Å². The minimum Gasteiger partial charge on any atom is -0.295 e. The van der Waals surface area contributed by atoms with Crippen molar-refractivity contribution in [1.29, 1.82) is 0 Å². The zero-order valence-corrected chi connectivity index (χ0v) is 8.23. The average molecular weight is 176 g/mol. The summed E-state index contributed by atoms with van der Waals surface area (Å²) >= 11 is 0. The lowest BCUT2D eigenvalue weighted by Gasteiger charge is -1.83. The second-order valence-electron chi connectivity index (χ2n) is 2.51. The predicted molar refractivity (Wildman–Crippen MR) is 57.5 cm³/mol.